The molecule has 3 saturated carbocycles. The van der Waals surface area contributed by atoms with Crippen LogP contribution < -0.4 is 0 Å². The Morgan fingerprint density at radius 3 is 2.79 bits per heavy atom. The Balaban J connectivity index is 1.71. The zero-order chi connectivity index (χ0) is 20.4. The van der Waals surface area contributed by atoms with Crippen LogP contribution in [0.25, 0.3) is 0 Å². The molecule has 28 heavy (non-hydrogen) atoms. The molecule has 5 heteroatoms. The molecule has 7 atom stereocenters. The van der Waals surface area contributed by atoms with Crippen LogP contribution in [0.3, 0.4) is 0 Å². The molecule has 0 heterocycles. The molecular weight excluding hydrogens is 359 g/mol. The van der Waals surface area contributed by atoms with Gasteiger partial charge in [0.2, 0.25) is 5.78 Å². The van der Waals surface area contributed by atoms with E-state index in [0.717, 1.165) is 30.9 Å². The van der Waals surface area contributed by atoms with Gasteiger partial charge in [-0.25, -0.2) is 4.39 Å². The number of fused-ring (bicyclic) bond motifs is 5. The number of ketones is 1. The number of ether oxygens (including phenoxy) is 1. The predicted molar refractivity (Wildman–Crippen MR) is 102 cm³/mol. The van der Waals surface area contributed by atoms with Crippen molar-refractivity contribution < 1.29 is 23.8 Å². The van der Waals surface area contributed by atoms with Crippen LogP contribution in [0.15, 0.2) is 23.6 Å². The SMILES string of the molecule is CCC(=O)O[C]1[C@H](C)C[C@H]2[C@@H]3CCC4=CC(=O)C(F)=C[C@]4(C)[C@H]3[C@@H](O)C[C@]12C. The molecule has 4 rings (SSSR count). The number of hydrogen-bond acceptors (Lipinski definition) is 4. The van der Waals surface area contributed by atoms with E-state index in [-0.39, 0.29) is 35.1 Å². The summed E-state index contributed by atoms with van der Waals surface area (Å²) < 4.78 is 20.0. The van der Waals surface area contributed by atoms with Crippen LogP contribution in [0, 0.1) is 40.6 Å². The van der Waals surface area contributed by atoms with E-state index in [0.29, 0.717) is 12.8 Å². The molecule has 0 saturated heterocycles. The van der Waals surface area contributed by atoms with Crippen molar-refractivity contribution in [1.82, 2.24) is 0 Å². The van der Waals surface area contributed by atoms with Crippen LogP contribution in [-0.2, 0) is 14.3 Å². The zero-order valence-corrected chi connectivity index (χ0v) is 17.1. The van der Waals surface area contributed by atoms with Crippen LogP contribution in [0.2, 0.25) is 0 Å². The summed E-state index contributed by atoms with van der Waals surface area (Å²) >= 11 is 0. The average molecular weight is 389 g/mol. The maximum atomic E-state index is 14.3. The number of carbonyl (C=O) groups excluding carboxylic acids is 2. The molecule has 0 spiro atoms. The van der Waals surface area contributed by atoms with E-state index >= 15 is 0 Å². The summed E-state index contributed by atoms with van der Waals surface area (Å²) in [7, 11) is 0. The van der Waals surface area contributed by atoms with E-state index in [1.54, 1.807) is 6.92 Å². The van der Waals surface area contributed by atoms with Crippen LogP contribution in [0.1, 0.15) is 59.8 Å². The van der Waals surface area contributed by atoms with Gasteiger partial charge in [-0.1, -0.05) is 33.3 Å². The molecule has 4 aliphatic carbocycles. The van der Waals surface area contributed by atoms with Crippen molar-refractivity contribution in [2.24, 2.45) is 34.5 Å². The molecule has 1 N–H and O–H groups in total. The van der Waals surface area contributed by atoms with E-state index in [1.807, 2.05) is 6.92 Å². The van der Waals surface area contributed by atoms with Gasteiger partial charge in [-0.2, -0.15) is 0 Å². The molecule has 0 aliphatic heterocycles. The lowest BCUT2D eigenvalue weighted by Gasteiger charge is -2.58. The molecule has 0 aromatic rings. The number of esters is 1. The third-order valence-corrected chi connectivity index (χ3v) is 8.07. The molecular formula is C23H30FO4. The second-order valence-corrected chi connectivity index (χ2v) is 9.66. The van der Waals surface area contributed by atoms with Gasteiger partial charge in [0, 0.05) is 29.1 Å². The van der Waals surface area contributed by atoms with Gasteiger partial charge in [-0.3, -0.25) is 9.59 Å². The van der Waals surface area contributed by atoms with Crippen molar-refractivity contribution in [3.05, 3.63) is 29.7 Å². The third kappa shape index (κ3) is 2.65. The quantitative estimate of drug-likeness (QED) is 0.716. The smallest absolute Gasteiger partial charge is 0.306 e. The van der Waals surface area contributed by atoms with Crippen molar-refractivity contribution in [1.29, 1.82) is 0 Å². The van der Waals surface area contributed by atoms with E-state index in [1.165, 1.54) is 12.2 Å². The van der Waals surface area contributed by atoms with Crippen molar-refractivity contribution in [2.45, 2.75) is 65.9 Å². The predicted octanol–water partition coefficient (Wildman–Crippen LogP) is 4.29. The molecule has 4 nitrogen and oxygen atoms in total. The van der Waals surface area contributed by atoms with E-state index in [4.69, 9.17) is 4.74 Å². The number of aliphatic hydroxyl groups excluding tert-OH is 1. The number of allylic oxidation sites excluding steroid dienone is 4. The number of rotatable bonds is 2. The Labute approximate surface area is 166 Å². The lowest BCUT2D eigenvalue weighted by molar-refractivity contribution is -0.153. The Morgan fingerprint density at radius 2 is 2.11 bits per heavy atom. The first-order valence-electron chi connectivity index (χ1n) is 10.5. The first kappa shape index (κ1) is 19.8. The Kier molecular flexibility index (Phi) is 4.61. The van der Waals surface area contributed by atoms with Crippen LogP contribution in [0.4, 0.5) is 4.39 Å². The van der Waals surface area contributed by atoms with Gasteiger partial charge in [0.15, 0.2) is 11.9 Å². The number of carbonyl (C=O) groups is 2. The largest absolute Gasteiger partial charge is 0.454 e. The van der Waals surface area contributed by atoms with Crippen molar-refractivity contribution in [3.8, 4) is 0 Å². The molecule has 0 unspecified atom stereocenters. The Hall–Kier alpha value is -1.49. The Bertz CT molecular complexity index is 771. The topological polar surface area (TPSA) is 63.6 Å². The first-order chi connectivity index (χ1) is 13.1. The number of aliphatic hydroxyl groups is 1. The molecule has 0 amide bonds. The minimum absolute atomic E-state index is 0.127. The summed E-state index contributed by atoms with van der Waals surface area (Å²) in [6.07, 6.45) is 6.43. The fraction of sp³-hybridized carbons (Fsp3) is 0.696. The fourth-order valence-electron chi connectivity index (χ4n) is 6.91. The maximum Gasteiger partial charge on any atom is 0.306 e. The van der Waals surface area contributed by atoms with Crippen molar-refractivity contribution in [2.75, 3.05) is 0 Å². The molecule has 0 aromatic heterocycles. The van der Waals surface area contributed by atoms with Gasteiger partial charge < -0.3 is 9.84 Å². The number of halogens is 1. The summed E-state index contributed by atoms with van der Waals surface area (Å²) in [5.41, 5.74) is -0.0430. The van der Waals surface area contributed by atoms with Gasteiger partial charge in [-0.05, 0) is 49.7 Å². The molecule has 4 aliphatic rings. The second-order valence-electron chi connectivity index (χ2n) is 9.66. The monoisotopic (exact) mass is 389 g/mol. The standard InChI is InChI=1S/C23H30FO4/c1-5-19(27)28-21-12(2)8-15-14-7-6-13-9-17(25)16(24)10-22(13,3)20(14)18(26)11-23(15,21)4/h9-10,12,14-15,18,20,26H,5-8,11H2,1-4H3/t12-,14+,15+,18+,20-,22+,23+/m1/s1. The summed E-state index contributed by atoms with van der Waals surface area (Å²) in [4.78, 5) is 23.9. The lowest BCUT2D eigenvalue weighted by Crippen LogP contribution is -2.56. The lowest BCUT2D eigenvalue weighted by atomic mass is 9.47. The third-order valence-electron chi connectivity index (χ3n) is 8.07. The summed E-state index contributed by atoms with van der Waals surface area (Å²) in [6.45, 7) is 7.97. The van der Waals surface area contributed by atoms with Gasteiger partial charge in [0.25, 0.3) is 0 Å². The highest BCUT2D eigenvalue weighted by Crippen LogP contribution is 2.68. The van der Waals surface area contributed by atoms with Crippen molar-refractivity contribution >= 4 is 11.8 Å². The van der Waals surface area contributed by atoms with Gasteiger partial charge in [-0.15, -0.1) is 0 Å². The van der Waals surface area contributed by atoms with Gasteiger partial charge >= 0.3 is 5.97 Å². The number of hydrogen-bond donors (Lipinski definition) is 1. The molecule has 1 radical (unpaired) electrons. The Morgan fingerprint density at radius 1 is 1.39 bits per heavy atom. The van der Waals surface area contributed by atoms with Crippen molar-refractivity contribution in [3.63, 3.8) is 0 Å². The molecule has 0 bridgehead atoms. The first-order valence-corrected chi connectivity index (χ1v) is 10.5. The second kappa shape index (κ2) is 6.51. The van der Waals surface area contributed by atoms with Gasteiger partial charge in [0.1, 0.15) is 0 Å². The van der Waals surface area contributed by atoms with Gasteiger partial charge in [0.05, 0.1) is 6.10 Å². The summed E-state index contributed by atoms with van der Waals surface area (Å²) in [5, 5.41) is 11.3. The van der Waals surface area contributed by atoms with E-state index in [9.17, 15) is 19.1 Å². The average Bonchev–Trinajstić information content (AvgIpc) is 2.86. The molecule has 0 aromatic carbocycles. The molecule has 153 valence electrons. The normalized spacial score (nSPS) is 45.5. The highest BCUT2D eigenvalue weighted by atomic mass is 19.1. The molecule has 3 fully saturated rings. The van der Waals surface area contributed by atoms with Crippen LogP contribution >= 0.6 is 0 Å². The minimum atomic E-state index is -0.712. The van der Waals surface area contributed by atoms with Crippen LogP contribution in [0.5, 0.6) is 0 Å². The minimum Gasteiger partial charge on any atom is -0.454 e. The summed E-state index contributed by atoms with van der Waals surface area (Å²) in [5.74, 6) is -0.985. The van der Waals surface area contributed by atoms with Crippen LogP contribution in [-0.4, -0.2) is 23.0 Å². The summed E-state index contributed by atoms with van der Waals surface area (Å²) in [6, 6.07) is 0. The van der Waals surface area contributed by atoms with E-state index in [2.05, 4.69) is 13.8 Å². The maximum absolute atomic E-state index is 14.3. The fourth-order valence-corrected chi connectivity index (χ4v) is 6.91. The highest BCUT2D eigenvalue weighted by molar-refractivity contribution is 6.04. The zero-order valence-electron chi connectivity index (χ0n) is 17.1. The highest BCUT2D eigenvalue weighted by Gasteiger charge is 2.65. The van der Waals surface area contributed by atoms with E-state index < -0.39 is 23.1 Å².